The Morgan fingerprint density at radius 2 is 2.20 bits per heavy atom. The molecule has 1 aliphatic rings. The molecule has 1 aromatic rings. The first-order chi connectivity index (χ1) is 9.43. The lowest BCUT2D eigenvalue weighted by Gasteiger charge is -2.14. The van der Waals surface area contributed by atoms with Crippen molar-refractivity contribution in [2.75, 3.05) is 23.8 Å². The van der Waals surface area contributed by atoms with Crippen molar-refractivity contribution in [3.05, 3.63) is 23.8 Å². The van der Waals surface area contributed by atoms with Gasteiger partial charge in [0.2, 0.25) is 0 Å². The molecule has 1 unspecified atom stereocenters. The van der Waals surface area contributed by atoms with Crippen LogP contribution in [-0.2, 0) is 14.6 Å². The van der Waals surface area contributed by atoms with Crippen LogP contribution in [0.1, 0.15) is 23.7 Å². The minimum atomic E-state index is -3.08. The number of ether oxygens (including phenoxy) is 2. The van der Waals surface area contributed by atoms with E-state index in [4.69, 9.17) is 15.2 Å². The first kappa shape index (κ1) is 14.6. The van der Waals surface area contributed by atoms with Crippen LogP contribution >= 0.6 is 0 Å². The first-order valence-electron chi connectivity index (χ1n) is 6.35. The number of hydrogen-bond acceptors (Lipinski definition) is 6. The average Bonchev–Trinajstić information content (AvgIpc) is 2.71. The molecule has 0 amide bonds. The van der Waals surface area contributed by atoms with E-state index in [-0.39, 0.29) is 22.8 Å². The van der Waals surface area contributed by atoms with Gasteiger partial charge in [-0.05, 0) is 25.5 Å². The lowest BCUT2D eigenvalue weighted by atomic mass is 10.1. The maximum absolute atomic E-state index is 12.1. The lowest BCUT2D eigenvalue weighted by molar-refractivity contribution is 0.0352. The Labute approximate surface area is 117 Å². The SMILES string of the molecule is CCOc1c(N)cccc1C(=O)OC1CCS(=O)(=O)C1. The van der Waals surface area contributed by atoms with Gasteiger partial charge in [0.1, 0.15) is 11.7 Å². The van der Waals surface area contributed by atoms with Crippen LogP contribution in [0.25, 0.3) is 0 Å². The summed E-state index contributed by atoms with van der Waals surface area (Å²) >= 11 is 0. The van der Waals surface area contributed by atoms with Gasteiger partial charge in [-0.1, -0.05) is 6.07 Å². The quantitative estimate of drug-likeness (QED) is 0.658. The average molecular weight is 299 g/mol. The highest BCUT2D eigenvalue weighted by Gasteiger charge is 2.31. The van der Waals surface area contributed by atoms with E-state index in [2.05, 4.69) is 0 Å². The topological polar surface area (TPSA) is 95.7 Å². The summed E-state index contributed by atoms with van der Waals surface area (Å²) in [6.45, 7) is 2.15. The molecule has 1 aromatic carbocycles. The summed E-state index contributed by atoms with van der Waals surface area (Å²) in [7, 11) is -3.08. The van der Waals surface area contributed by atoms with Gasteiger partial charge < -0.3 is 15.2 Å². The molecule has 1 aliphatic heterocycles. The molecular weight excluding hydrogens is 282 g/mol. The minimum Gasteiger partial charge on any atom is -0.491 e. The van der Waals surface area contributed by atoms with Crippen molar-refractivity contribution in [2.45, 2.75) is 19.4 Å². The van der Waals surface area contributed by atoms with Crippen LogP contribution in [0.5, 0.6) is 5.75 Å². The Morgan fingerprint density at radius 1 is 1.45 bits per heavy atom. The molecular formula is C13H17NO5S. The van der Waals surface area contributed by atoms with Crippen LogP contribution in [0.2, 0.25) is 0 Å². The molecule has 0 radical (unpaired) electrons. The number of nitrogens with two attached hydrogens (primary N) is 1. The number of carbonyl (C=O) groups excluding carboxylic acids is 1. The van der Waals surface area contributed by atoms with Gasteiger partial charge in [0, 0.05) is 0 Å². The Bertz CT molecular complexity index is 611. The van der Waals surface area contributed by atoms with E-state index in [1.807, 2.05) is 0 Å². The lowest BCUT2D eigenvalue weighted by Crippen LogP contribution is -2.20. The summed E-state index contributed by atoms with van der Waals surface area (Å²) < 4.78 is 33.3. The standard InChI is InChI=1S/C13H17NO5S/c1-2-18-12-10(4-3-5-11(12)14)13(15)19-9-6-7-20(16,17)8-9/h3-5,9H,2,6-8,14H2,1H3. The Balaban J connectivity index is 2.15. The predicted octanol–water partition coefficient (Wildman–Crippen LogP) is 1.01. The highest BCUT2D eigenvalue weighted by atomic mass is 32.2. The van der Waals surface area contributed by atoms with Crippen molar-refractivity contribution in [1.82, 2.24) is 0 Å². The van der Waals surface area contributed by atoms with Crippen LogP contribution in [0.3, 0.4) is 0 Å². The Morgan fingerprint density at radius 3 is 2.80 bits per heavy atom. The fourth-order valence-electron chi connectivity index (χ4n) is 2.09. The van der Waals surface area contributed by atoms with Gasteiger partial charge in [-0.2, -0.15) is 0 Å². The third-order valence-electron chi connectivity index (χ3n) is 3.02. The zero-order valence-electron chi connectivity index (χ0n) is 11.2. The zero-order valence-corrected chi connectivity index (χ0v) is 12.0. The Hall–Kier alpha value is -1.76. The van der Waals surface area contributed by atoms with Gasteiger partial charge in [-0.15, -0.1) is 0 Å². The number of rotatable bonds is 4. The van der Waals surface area contributed by atoms with E-state index < -0.39 is 21.9 Å². The number of benzene rings is 1. The molecule has 6 nitrogen and oxygen atoms in total. The maximum atomic E-state index is 12.1. The molecule has 1 fully saturated rings. The largest absolute Gasteiger partial charge is 0.491 e. The fraction of sp³-hybridized carbons (Fsp3) is 0.462. The van der Waals surface area contributed by atoms with E-state index in [0.717, 1.165) is 0 Å². The predicted molar refractivity (Wildman–Crippen MR) is 74.5 cm³/mol. The monoisotopic (exact) mass is 299 g/mol. The maximum Gasteiger partial charge on any atom is 0.342 e. The zero-order chi connectivity index (χ0) is 14.8. The van der Waals surface area contributed by atoms with Crippen molar-refractivity contribution < 1.29 is 22.7 Å². The number of hydrogen-bond donors (Lipinski definition) is 1. The first-order valence-corrected chi connectivity index (χ1v) is 8.18. The van der Waals surface area contributed by atoms with Gasteiger partial charge in [-0.25, -0.2) is 13.2 Å². The van der Waals surface area contributed by atoms with Gasteiger partial charge in [0.05, 0.1) is 23.8 Å². The van der Waals surface area contributed by atoms with Crippen molar-refractivity contribution in [3.8, 4) is 5.75 Å². The highest BCUT2D eigenvalue weighted by molar-refractivity contribution is 7.91. The van der Waals surface area contributed by atoms with E-state index >= 15 is 0 Å². The second kappa shape index (κ2) is 5.70. The van der Waals surface area contributed by atoms with Crippen molar-refractivity contribution in [3.63, 3.8) is 0 Å². The molecule has 7 heteroatoms. The summed E-state index contributed by atoms with van der Waals surface area (Å²) in [4.78, 5) is 12.1. The molecule has 1 saturated heterocycles. The number of carbonyl (C=O) groups is 1. The molecule has 2 rings (SSSR count). The molecule has 110 valence electrons. The normalized spacial score (nSPS) is 20.6. The number of sulfone groups is 1. The molecule has 20 heavy (non-hydrogen) atoms. The number of para-hydroxylation sites is 1. The number of anilines is 1. The van der Waals surface area contributed by atoms with Crippen molar-refractivity contribution in [1.29, 1.82) is 0 Å². The van der Waals surface area contributed by atoms with E-state index in [0.29, 0.717) is 18.7 Å². The molecule has 0 aromatic heterocycles. The summed E-state index contributed by atoms with van der Waals surface area (Å²) in [5, 5.41) is 0. The third-order valence-corrected chi connectivity index (χ3v) is 4.76. The molecule has 0 aliphatic carbocycles. The summed E-state index contributed by atoms with van der Waals surface area (Å²) in [5.41, 5.74) is 6.33. The van der Waals surface area contributed by atoms with Crippen molar-refractivity contribution in [2.24, 2.45) is 0 Å². The van der Waals surface area contributed by atoms with Crippen molar-refractivity contribution >= 4 is 21.5 Å². The molecule has 1 heterocycles. The van der Waals surface area contributed by atoms with Crippen LogP contribution in [0.4, 0.5) is 5.69 Å². The van der Waals surface area contributed by atoms with Crippen LogP contribution in [0, 0.1) is 0 Å². The molecule has 2 N–H and O–H groups in total. The summed E-state index contributed by atoms with van der Waals surface area (Å²) in [6.07, 6.45) is -0.260. The fourth-order valence-corrected chi connectivity index (χ4v) is 3.68. The second-order valence-electron chi connectivity index (χ2n) is 4.59. The van der Waals surface area contributed by atoms with Crippen LogP contribution < -0.4 is 10.5 Å². The summed E-state index contributed by atoms with van der Waals surface area (Å²) in [6, 6.07) is 4.80. The molecule has 0 saturated carbocycles. The number of nitrogen functional groups attached to an aromatic ring is 1. The third kappa shape index (κ3) is 3.22. The van der Waals surface area contributed by atoms with Crippen LogP contribution in [-0.4, -0.2) is 38.6 Å². The molecule has 1 atom stereocenters. The summed E-state index contributed by atoms with van der Waals surface area (Å²) in [5.74, 6) is -0.394. The molecule has 0 bridgehead atoms. The second-order valence-corrected chi connectivity index (χ2v) is 6.82. The van der Waals surface area contributed by atoms with E-state index in [9.17, 15) is 13.2 Å². The molecule has 0 spiro atoms. The van der Waals surface area contributed by atoms with Gasteiger partial charge in [0.25, 0.3) is 0 Å². The van der Waals surface area contributed by atoms with Gasteiger partial charge in [0.15, 0.2) is 15.6 Å². The highest BCUT2D eigenvalue weighted by Crippen LogP contribution is 2.28. The minimum absolute atomic E-state index is 0.0557. The van der Waals surface area contributed by atoms with Gasteiger partial charge >= 0.3 is 5.97 Å². The van der Waals surface area contributed by atoms with E-state index in [1.165, 1.54) is 0 Å². The van der Waals surface area contributed by atoms with E-state index in [1.54, 1.807) is 25.1 Å². The number of esters is 1. The van der Waals surface area contributed by atoms with Crippen LogP contribution in [0.15, 0.2) is 18.2 Å². The Kier molecular flexibility index (Phi) is 4.17. The smallest absolute Gasteiger partial charge is 0.342 e. The van der Waals surface area contributed by atoms with Gasteiger partial charge in [-0.3, -0.25) is 0 Å².